The number of nitrogens with one attached hydrogen (secondary N) is 1. The molecular weight excluding hydrogens is 362 g/mol. The first-order valence-electron chi connectivity index (χ1n) is 8.46. The average molecular weight is 380 g/mol. The van der Waals surface area contributed by atoms with Gasteiger partial charge in [0.2, 0.25) is 0 Å². The standard InChI is InChI=1S/C22H18ClNO3/c1-15(27-21(25)13-12-16-6-4-9-18(23)14-16)22(26)24-20-11-5-8-17-7-2-3-10-19(17)20/h2-15H,1H3,(H,24,26)/b13-12+/t15-/m0/s1. The third-order valence-electron chi connectivity index (χ3n) is 3.97. The fourth-order valence-electron chi connectivity index (χ4n) is 2.61. The lowest BCUT2D eigenvalue weighted by atomic mass is 10.1. The van der Waals surface area contributed by atoms with Crippen LogP contribution in [0.25, 0.3) is 16.8 Å². The molecule has 136 valence electrons. The van der Waals surface area contributed by atoms with Gasteiger partial charge < -0.3 is 10.1 Å². The van der Waals surface area contributed by atoms with Gasteiger partial charge in [0.05, 0.1) is 0 Å². The maximum atomic E-state index is 12.4. The van der Waals surface area contributed by atoms with Crippen molar-refractivity contribution in [3.63, 3.8) is 0 Å². The van der Waals surface area contributed by atoms with E-state index in [1.54, 1.807) is 24.3 Å². The van der Waals surface area contributed by atoms with Gasteiger partial charge in [-0.2, -0.15) is 0 Å². The normalized spacial score (nSPS) is 12.1. The number of halogens is 1. The first-order valence-corrected chi connectivity index (χ1v) is 8.83. The molecule has 5 heteroatoms. The van der Waals surface area contributed by atoms with Crippen LogP contribution in [0.4, 0.5) is 5.69 Å². The van der Waals surface area contributed by atoms with Crippen molar-refractivity contribution in [3.05, 3.63) is 83.4 Å². The summed E-state index contributed by atoms with van der Waals surface area (Å²) in [7, 11) is 0. The molecule has 27 heavy (non-hydrogen) atoms. The molecule has 0 aliphatic heterocycles. The Hall–Kier alpha value is -3.11. The number of benzene rings is 3. The molecule has 0 aliphatic carbocycles. The predicted octanol–water partition coefficient (Wildman–Crippen LogP) is 5.08. The first-order chi connectivity index (χ1) is 13.0. The molecule has 4 nitrogen and oxygen atoms in total. The van der Waals surface area contributed by atoms with Crippen molar-refractivity contribution in [1.82, 2.24) is 0 Å². The molecule has 0 spiro atoms. The zero-order valence-electron chi connectivity index (χ0n) is 14.7. The summed E-state index contributed by atoms with van der Waals surface area (Å²) in [5.41, 5.74) is 1.45. The molecule has 3 rings (SSSR count). The highest BCUT2D eigenvalue weighted by Crippen LogP contribution is 2.23. The lowest BCUT2D eigenvalue weighted by Gasteiger charge is -2.13. The zero-order chi connectivity index (χ0) is 19.2. The molecule has 0 bridgehead atoms. The fourth-order valence-corrected chi connectivity index (χ4v) is 2.81. The summed E-state index contributed by atoms with van der Waals surface area (Å²) in [6, 6.07) is 20.4. The maximum Gasteiger partial charge on any atom is 0.331 e. The quantitative estimate of drug-likeness (QED) is 0.497. The minimum Gasteiger partial charge on any atom is -0.449 e. The van der Waals surface area contributed by atoms with Gasteiger partial charge in [-0.05, 0) is 42.1 Å². The van der Waals surface area contributed by atoms with Crippen LogP contribution in [0.3, 0.4) is 0 Å². The van der Waals surface area contributed by atoms with Crippen molar-refractivity contribution in [3.8, 4) is 0 Å². The minimum absolute atomic E-state index is 0.393. The number of rotatable bonds is 5. The number of amides is 1. The molecule has 0 aliphatic rings. The van der Waals surface area contributed by atoms with Crippen molar-refractivity contribution in [2.24, 2.45) is 0 Å². The SMILES string of the molecule is C[C@H](OC(=O)/C=C/c1cccc(Cl)c1)C(=O)Nc1cccc2ccccc12. The number of ether oxygens (including phenoxy) is 1. The van der Waals surface area contributed by atoms with Crippen LogP contribution < -0.4 is 5.32 Å². The van der Waals surface area contributed by atoms with Gasteiger partial charge in [-0.15, -0.1) is 0 Å². The number of fused-ring (bicyclic) bond motifs is 1. The van der Waals surface area contributed by atoms with Gasteiger partial charge in [0, 0.05) is 22.2 Å². The zero-order valence-corrected chi connectivity index (χ0v) is 15.4. The third kappa shape index (κ3) is 4.96. The summed E-state index contributed by atoms with van der Waals surface area (Å²) in [6.07, 6.45) is 1.93. The van der Waals surface area contributed by atoms with Crippen LogP contribution in [0.2, 0.25) is 5.02 Å². The topological polar surface area (TPSA) is 55.4 Å². The summed E-state index contributed by atoms with van der Waals surface area (Å²) in [6.45, 7) is 1.53. The van der Waals surface area contributed by atoms with Crippen molar-refractivity contribution in [2.45, 2.75) is 13.0 Å². The monoisotopic (exact) mass is 379 g/mol. The van der Waals surface area contributed by atoms with E-state index in [0.717, 1.165) is 16.3 Å². The molecule has 0 fully saturated rings. The van der Waals surface area contributed by atoms with Crippen LogP contribution in [0, 0.1) is 0 Å². The van der Waals surface area contributed by atoms with Crippen molar-refractivity contribution < 1.29 is 14.3 Å². The van der Waals surface area contributed by atoms with Gasteiger partial charge in [-0.3, -0.25) is 4.79 Å². The number of carbonyl (C=O) groups excluding carboxylic acids is 2. The number of hydrogen-bond acceptors (Lipinski definition) is 3. The van der Waals surface area contributed by atoms with Gasteiger partial charge in [0.25, 0.3) is 5.91 Å². The second kappa shape index (κ2) is 8.52. The summed E-state index contributed by atoms with van der Waals surface area (Å²) >= 11 is 5.90. The van der Waals surface area contributed by atoms with E-state index in [4.69, 9.17) is 16.3 Å². The number of hydrogen-bond donors (Lipinski definition) is 1. The van der Waals surface area contributed by atoms with Gasteiger partial charge in [0.15, 0.2) is 6.10 Å². The Morgan fingerprint density at radius 1 is 1.04 bits per heavy atom. The van der Waals surface area contributed by atoms with E-state index in [0.29, 0.717) is 10.7 Å². The van der Waals surface area contributed by atoms with Gasteiger partial charge in [0.1, 0.15) is 0 Å². The Labute approximate surface area is 162 Å². The molecule has 1 N–H and O–H groups in total. The lowest BCUT2D eigenvalue weighted by molar-refractivity contribution is -0.148. The maximum absolute atomic E-state index is 12.4. The molecule has 0 radical (unpaired) electrons. The highest BCUT2D eigenvalue weighted by atomic mass is 35.5. The molecule has 1 atom stereocenters. The molecule has 0 saturated carbocycles. The Morgan fingerprint density at radius 2 is 1.78 bits per heavy atom. The Kier molecular flexibility index (Phi) is 5.89. The van der Waals surface area contributed by atoms with Gasteiger partial charge in [-0.1, -0.05) is 60.1 Å². The molecule has 0 unspecified atom stereocenters. The fraction of sp³-hybridized carbons (Fsp3) is 0.0909. The average Bonchev–Trinajstić information content (AvgIpc) is 2.66. The highest BCUT2D eigenvalue weighted by Gasteiger charge is 2.17. The molecule has 0 aromatic heterocycles. The molecule has 3 aromatic rings. The number of esters is 1. The second-order valence-electron chi connectivity index (χ2n) is 5.98. The number of anilines is 1. The molecular formula is C22H18ClNO3. The Morgan fingerprint density at radius 3 is 2.59 bits per heavy atom. The van der Waals surface area contributed by atoms with Gasteiger partial charge >= 0.3 is 5.97 Å². The van der Waals surface area contributed by atoms with Crippen LogP contribution in [-0.2, 0) is 14.3 Å². The summed E-state index contributed by atoms with van der Waals surface area (Å²) in [5.74, 6) is -0.994. The Balaban J connectivity index is 1.62. The van der Waals surface area contributed by atoms with Crippen LogP contribution >= 0.6 is 11.6 Å². The molecule has 0 heterocycles. The summed E-state index contributed by atoms with van der Waals surface area (Å²) in [5, 5.41) is 5.33. The predicted molar refractivity (Wildman–Crippen MR) is 109 cm³/mol. The van der Waals surface area contributed by atoms with Gasteiger partial charge in [-0.25, -0.2) is 4.79 Å². The van der Waals surface area contributed by atoms with Crippen LogP contribution in [0.1, 0.15) is 12.5 Å². The van der Waals surface area contributed by atoms with Crippen molar-refractivity contribution in [2.75, 3.05) is 5.32 Å². The Bertz CT molecular complexity index is 1010. The van der Waals surface area contributed by atoms with E-state index in [-0.39, 0.29) is 0 Å². The smallest absolute Gasteiger partial charge is 0.331 e. The third-order valence-corrected chi connectivity index (χ3v) is 4.21. The van der Waals surface area contributed by atoms with E-state index in [1.165, 1.54) is 13.0 Å². The van der Waals surface area contributed by atoms with Crippen molar-refractivity contribution in [1.29, 1.82) is 0 Å². The summed E-state index contributed by atoms with van der Waals surface area (Å²) in [4.78, 5) is 24.3. The minimum atomic E-state index is -0.930. The molecule has 1 amide bonds. The van der Waals surface area contributed by atoms with Crippen LogP contribution in [0.15, 0.2) is 72.8 Å². The van der Waals surface area contributed by atoms with E-state index >= 15 is 0 Å². The van der Waals surface area contributed by atoms with E-state index < -0.39 is 18.0 Å². The van der Waals surface area contributed by atoms with Crippen LogP contribution in [0.5, 0.6) is 0 Å². The van der Waals surface area contributed by atoms with E-state index in [2.05, 4.69) is 5.32 Å². The summed E-state index contributed by atoms with van der Waals surface area (Å²) < 4.78 is 5.18. The lowest BCUT2D eigenvalue weighted by Crippen LogP contribution is -2.29. The highest BCUT2D eigenvalue weighted by molar-refractivity contribution is 6.30. The number of carbonyl (C=O) groups is 2. The second-order valence-corrected chi connectivity index (χ2v) is 6.42. The van der Waals surface area contributed by atoms with Crippen LogP contribution in [-0.4, -0.2) is 18.0 Å². The van der Waals surface area contributed by atoms with E-state index in [9.17, 15) is 9.59 Å². The molecule has 3 aromatic carbocycles. The molecule has 0 saturated heterocycles. The van der Waals surface area contributed by atoms with E-state index in [1.807, 2.05) is 48.5 Å². The first kappa shape index (κ1) is 18.7. The van der Waals surface area contributed by atoms with Crippen molar-refractivity contribution >= 4 is 46.0 Å². The largest absolute Gasteiger partial charge is 0.449 e.